The Labute approximate surface area is 215 Å². The van der Waals surface area contributed by atoms with E-state index in [0.29, 0.717) is 5.06 Å². The maximum Gasteiger partial charge on any atom is 0.493 e. The number of hydroxylamine groups is 2. The normalized spacial score (nSPS) is 19.1. The molecule has 0 fully saturated rings. The van der Waals surface area contributed by atoms with E-state index in [0.717, 1.165) is 18.5 Å². The minimum absolute atomic E-state index is 0.0153. The van der Waals surface area contributed by atoms with Crippen molar-refractivity contribution in [2.45, 2.75) is 30.7 Å². The van der Waals surface area contributed by atoms with Crippen LogP contribution in [0, 0.1) is 0 Å². The van der Waals surface area contributed by atoms with Crippen molar-refractivity contribution in [1.82, 2.24) is 15.4 Å². The molecule has 1 unspecified atom stereocenters. The summed E-state index contributed by atoms with van der Waals surface area (Å²) >= 11 is 0. The third-order valence-electron chi connectivity index (χ3n) is 5.71. The summed E-state index contributed by atoms with van der Waals surface area (Å²) in [6.45, 7) is -0.368. The predicted octanol–water partition coefficient (Wildman–Crippen LogP) is 4.89. The van der Waals surface area contributed by atoms with Gasteiger partial charge in [-0.1, -0.05) is 18.2 Å². The molecule has 1 aromatic carbocycles. The van der Waals surface area contributed by atoms with Crippen molar-refractivity contribution in [3.63, 3.8) is 0 Å². The first kappa shape index (κ1) is 27.7. The maximum absolute atomic E-state index is 13.6. The number of halogens is 8. The van der Waals surface area contributed by atoms with Crippen molar-refractivity contribution in [2.75, 3.05) is 6.61 Å². The Kier molecular flexibility index (Phi) is 7.19. The van der Waals surface area contributed by atoms with Crippen LogP contribution in [0.2, 0.25) is 0 Å². The summed E-state index contributed by atoms with van der Waals surface area (Å²) in [7, 11) is 0. The first-order valence-corrected chi connectivity index (χ1v) is 11.0. The molecule has 0 radical (unpaired) electrons. The molecule has 3 N–H and O–H groups in total. The number of ether oxygens (including phenoxy) is 1. The molecule has 3 heterocycles. The highest BCUT2D eigenvalue weighted by Gasteiger charge is 2.51. The minimum Gasteiger partial charge on any atom is -0.493 e. The molecule has 39 heavy (non-hydrogen) atoms. The van der Waals surface area contributed by atoms with Gasteiger partial charge in [0.05, 0.1) is 6.61 Å². The number of nitrogens with zero attached hydrogens (tertiary/aromatic N) is 2. The Morgan fingerprint density at radius 2 is 1.82 bits per heavy atom. The van der Waals surface area contributed by atoms with Gasteiger partial charge in [0.1, 0.15) is 28.5 Å². The number of hydrogen-bond donors (Lipinski definition) is 2. The van der Waals surface area contributed by atoms with E-state index in [1.807, 2.05) is 0 Å². The van der Waals surface area contributed by atoms with Crippen LogP contribution < -0.4 is 15.8 Å². The van der Waals surface area contributed by atoms with Crippen LogP contribution in [0.1, 0.15) is 23.2 Å². The predicted molar refractivity (Wildman–Crippen MR) is 118 cm³/mol. The molecule has 2 aliphatic rings. The van der Waals surface area contributed by atoms with Crippen molar-refractivity contribution >= 4 is 5.97 Å². The lowest BCUT2D eigenvalue weighted by Gasteiger charge is -2.36. The van der Waals surface area contributed by atoms with Crippen molar-refractivity contribution in [3.05, 3.63) is 94.9 Å². The molecule has 0 bridgehead atoms. The molecule has 4 rings (SSSR count). The van der Waals surface area contributed by atoms with Gasteiger partial charge in [-0.15, -0.1) is 0 Å². The molecule has 2 aliphatic heterocycles. The molecule has 1 aromatic heterocycles. The molecule has 0 aliphatic carbocycles. The zero-order chi connectivity index (χ0) is 28.6. The Morgan fingerprint density at radius 1 is 1.10 bits per heavy atom. The van der Waals surface area contributed by atoms with Crippen molar-refractivity contribution < 1.29 is 49.5 Å². The van der Waals surface area contributed by atoms with E-state index in [1.54, 1.807) is 0 Å². The van der Waals surface area contributed by atoms with Crippen LogP contribution in [0.15, 0.2) is 78.0 Å². The summed E-state index contributed by atoms with van der Waals surface area (Å²) in [5.74, 6) is -2.82. The van der Waals surface area contributed by atoms with Crippen LogP contribution in [0.4, 0.5) is 35.1 Å². The minimum atomic E-state index is -5.36. The Hall–Kier alpha value is -4.30. The Balaban J connectivity index is 1.85. The van der Waals surface area contributed by atoms with Crippen LogP contribution in [0.3, 0.4) is 0 Å². The lowest BCUT2D eigenvalue weighted by Crippen LogP contribution is -2.42. The van der Waals surface area contributed by atoms with Crippen molar-refractivity contribution in [2.24, 2.45) is 5.73 Å². The summed E-state index contributed by atoms with van der Waals surface area (Å²) in [6, 6.07) is 7.63. The van der Waals surface area contributed by atoms with Crippen molar-refractivity contribution in [3.8, 4) is 5.75 Å². The molecule has 0 amide bonds. The monoisotopic (exact) mass is 562 g/mol. The fourth-order valence-corrected chi connectivity index (χ4v) is 4.13. The molecule has 0 saturated heterocycles. The van der Waals surface area contributed by atoms with Gasteiger partial charge < -0.3 is 20.6 Å². The van der Waals surface area contributed by atoms with E-state index in [-0.39, 0.29) is 40.6 Å². The highest BCUT2D eigenvalue weighted by atomic mass is 19.4. The first-order chi connectivity index (χ1) is 18.2. The van der Waals surface area contributed by atoms with E-state index in [4.69, 9.17) is 10.5 Å². The summed E-state index contributed by atoms with van der Waals surface area (Å²) in [5, 5.41) is 3.28. The quantitative estimate of drug-likeness (QED) is 0.465. The van der Waals surface area contributed by atoms with Crippen LogP contribution in [0.5, 0.6) is 5.75 Å². The maximum atomic E-state index is 13.6. The lowest BCUT2D eigenvalue weighted by molar-refractivity contribution is -0.224. The van der Waals surface area contributed by atoms with Gasteiger partial charge in [0.15, 0.2) is 0 Å². The van der Waals surface area contributed by atoms with Gasteiger partial charge in [0, 0.05) is 24.4 Å². The number of fused-ring (bicyclic) bond motifs is 1. The largest absolute Gasteiger partial charge is 0.493 e. The number of allylic oxidation sites excluding steroid dienone is 2. The van der Waals surface area contributed by atoms with E-state index in [1.165, 1.54) is 42.5 Å². The Morgan fingerprint density at radius 3 is 2.49 bits per heavy atom. The lowest BCUT2D eigenvalue weighted by atomic mass is 9.76. The van der Waals surface area contributed by atoms with Gasteiger partial charge in [-0.25, -0.2) is 13.6 Å². The highest BCUT2D eigenvalue weighted by Crippen LogP contribution is 2.48. The van der Waals surface area contributed by atoms with Crippen LogP contribution >= 0.6 is 0 Å². The number of pyridine rings is 1. The fourth-order valence-electron chi connectivity index (χ4n) is 4.13. The van der Waals surface area contributed by atoms with Crippen LogP contribution in [-0.2, 0) is 21.3 Å². The van der Waals surface area contributed by atoms with Gasteiger partial charge >= 0.3 is 18.3 Å². The van der Waals surface area contributed by atoms with Gasteiger partial charge in [0.2, 0.25) is 6.43 Å². The summed E-state index contributed by atoms with van der Waals surface area (Å²) < 4.78 is 110. The number of rotatable bonds is 7. The first-order valence-electron chi connectivity index (χ1n) is 11.0. The zero-order valence-corrected chi connectivity index (χ0v) is 19.5. The van der Waals surface area contributed by atoms with Gasteiger partial charge in [-0.3, -0.25) is 4.98 Å². The van der Waals surface area contributed by atoms with E-state index in [9.17, 15) is 39.9 Å². The Bertz CT molecular complexity index is 1350. The average Bonchev–Trinajstić information content (AvgIpc) is 3.17. The number of nitrogens with one attached hydrogen (secondary N) is 1. The van der Waals surface area contributed by atoms with E-state index in [2.05, 4.69) is 15.1 Å². The van der Waals surface area contributed by atoms with Crippen LogP contribution in [0.25, 0.3) is 0 Å². The second-order valence-corrected chi connectivity index (χ2v) is 8.25. The summed E-state index contributed by atoms with van der Waals surface area (Å²) in [4.78, 5) is 19.4. The molecule has 1 atom stereocenters. The molecule has 15 heteroatoms. The van der Waals surface area contributed by atoms with Gasteiger partial charge in [0.25, 0.3) is 0 Å². The molecular weight excluding hydrogens is 544 g/mol. The SMILES string of the molecule is NC1=C2C(=CC=CN2OC(=O)C(F)(F)F)C(c2cccc(OCCC(F)F)c2)(c2ccnc(C(F)(F)F)c2)N1. The molecule has 7 nitrogen and oxygen atoms in total. The number of hydrogen-bond acceptors (Lipinski definition) is 7. The third-order valence-corrected chi connectivity index (χ3v) is 5.71. The van der Waals surface area contributed by atoms with E-state index < -0.39 is 42.4 Å². The average molecular weight is 562 g/mol. The fraction of sp³-hybridized carbons (Fsp3) is 0.250. The topological polar surface area (TPSA) is 89.7 Å². The molecule has 2 aromatic rings. The number of benzene rings is 1. The molecular formula is C24H18F8N4O3. The number of carbonyl (C=O) groups excluding carboxylic acids is 1. The number of alkyl halides is 8. The standard InChI is InChI=1S/C24H18F8N4O3/c25-18(26)7-10-38-15-4-1-3-13(11-15)22(14-6-8-34-17(12-14)23(27,28)29)16-5-2-9-36(19(16)20(33)35-22)39-21(37)24(30,31)32/h1-6,8-9,11-12,18,35H,7,10,33H2. The van der Waals surface area contributed by atoms with Crippen LogP contribution in [-0.4, -0.2) is 35.2 Å². The number of nitrogens with two attached hydrogens (primary N) is 1. The highest BCUT2D eigenvalue weighted by molar-refractivity contribution is 5.76. The number of aromatic nitrogens is 1. The van der Waals surface area contributed by atoms with Crippen molar-refractivity contribution in [1.29, 1.82) is 0 Å². The van der Waals surface area contributed by atoms with Gasteiger partial charge in [-0.2, -0.15) is 31.4 Å². The third kappa shape index (κ3) is 5.47. The van der Waals surface area contributed by atoms with E-state index >= 15 is 0 Å². The second-order valence-electron chi connectivity index (χ2n) is 8.25. The smallest absolute Gasteiger partial charge is 0.493 e. The molecule has 0 saturated carbocycles. The summed E-state index contributed by atoms with van der Waals surface area (Å²) in [5.41, 5.74) is 2.88. The summed E-state index contributed by atoms with van der Waals surface area (Å²) in [6.07, 6.45) is -9.02. The molecule has 0 spiro atoms. The number of carbonyl (C=O) groups is 1. The van der Waals surface area contributed by atoms with Gasteiger partial charge in [-0.05, 0) is 41.5 Å². The molecule has 208 valence electrons. The zero-order valence-electron chi connectivity index (χ0n) is 19.5. The second kappa shape index (κ2) is 10.1.